The van der Waals surface area contributed by atoms with Crippen molar-refractivity contribution in [3.8, 4) is 11.8 Å². The number of ether oxygens (including phenoxy) is 1. The van der Waals surface area contributed by atoms with E-state index < -0.39 is 5.91 Å². The highest BCUT2D eigenvalue weighted by Gasteiger charge is 2.13. The molecule has 3 aromatic rings. The molecule has 1 N–H and O–H groups in total. The molecule has 0 heterocycles. The van der Waals surface area contributed by atoms with Gasteiger partial charge in [0.2, 0.25) is 0 Å². The van der Waals surface area contributed by atoms with E-state index >= 15 is 0 Å². The minimum atomic E-state index is -0.475. The second-order valence-electron chi connectivity index (χ2n) is 6.22. The van der Waals surface area contributed by atoms with Gasteiger partial charge in [-0.2, -0.15) is 5.26 Å². The molecule has 150 valence electrons. The number of rotatable bonds is 6. The van der Waals surface area contributed by atoms with E-state index in [2.05, 4.69) is 37.2 Å². The summed E-state index contributed by atoms with van der Waals surface area (Å²) in [6.45, 7) is 0.343. The van der Waals surface area contributed by atoms with Crippen LogP contribution >= 0.6 is 43.5 Å². The highest BCUT2D eigenvalue weighted by Crippen LogP contribution is 2.36. The molecule has 0 aliphatic heterocycles. The van der Waals surface area contributed by atoms with Crippen molar-refractivity contribution in [3.05, 3.63) is 97.4 Å². The smallest absolute Gasteiger partial charge is 0.266 e. The van der Waals surface area contributed by atoms with Crippen LogP contribution in [-0.4, -0.2) is 5.91 Å². The van der Waals surface area contributed by atoms with Gasteiger partial charge in [0.05, 0.1) is 8.95 Å². The standard InChI is InChI=1S/C23H15Br2ClN2O2/c24-20-11-16(9-17(13-27)23(29)28-19-7-2-1-3-8-19)12-21(25)22(20)30-14-15-5-4-6-18(26)10-15/h1-12H,14H2,(H,28,29)/b17-9+. The monoisotopic (exact) mass is 544 g/mol. The Morgan fingerprint density at radius 3 is 2.40 bits per heavy atom. The van der Waals surface area contributed by atoms with E-state index in [4.69, 9.17) is 16.3 Å². The number of anilines is 1. The molecule has 0 bridgehead atoms. The van der Waals surface area contributed by atoms with Crippen LogP contribution in [0.25, 0.3) is 6.08 Å². The topological polar surface area (TPSA) is 62.1 Å². The van der Waals surface area contributed by atoms with Gasteiger partial charge in [-0.3, -0.25) is 4.79 Å². The van der Waals surface area contributed by atoms with Crippen molar-refractivity contribution in [2.45, 2.75) is 6.61 Å². The SMILES string of the molecule is N#C/C(=C\c1cc(Br)c(OCc2cccc(Cl)c2)c(Br)c1)C(=O)Nc1ccccc1. The number of carbonyl (C=O) groups excluding carboxylic acids is 1. The molecule has 0 saturated heterocycles. The number of nitrogens with zero attached hydrogens (tertiary/aromatic N) is 1. The maximum Gasteiger partial charge on any atom is 0.266 e. The van der Waals surface area contributed by atoms with Crippen LogP contribution in [0.2, 0.25) is 5.02 Å². The van der Waals surface area contributed by atoms with Crippen molar-refractivity contribution < 1.29 is 9.53 Å². The molecule has 1 amide bonds. The molecule has 0 aliphatic rings. The molecule has 0 aliphatic carbocycles. The Kier molecular flexibility index (Phi) is 7.69. The maximum absolute atomic E-state index is 12.4. The second kappa shape index (κ2) is 10.4. The number of amides is 1. The summed E-state index contributed by atoms with van der Waals surface area (Å²) >= 11 is 13.0. The van der Waals surface area contributed by atoms with Crippen molar-refractivity contribution in [2.24, 2.45) is 0 Å². The third-order valence-corrected chi connectivity index (χ3v) is 5.41. The zero-order valence-corrected chi connectivity index (χ0v) is 19.5. The predicted octanol–water partition coefficient (Wildman–Crippen LogP) is 6.99. The molecule has 3 aromatic carbocycles. The van der Waals surface area contributed by atoms with E-state index in [1.807, 2.05) is 42.5 Å². The molecule has 0 spiro atoms. The molecule has 0 radical (unpaired) electrons. The Morgan fingerprint density at radius 1 is 1.07 bits per heavy atom. The third kappa shape index (κ3) is 5.96. The van der Waals surface area contributed by atoms with Crippen LogP contribution in [0.4, 0.5) is 5.69 Å². The maximum atomic E-state index is 12.4. The van der Waals surface area contributed by atoms with Crippen LogP contribution in [0.15, 0.2) is 81.2 Å². The largest absolute Gasteiger partial charge is 0.487 e. The second-order valence-corrected chi connectivity index (χ2v) is 8.37. The minimum absolute atomic E-state index is 0.00903. The summed E-state index contributed by atoms with van der Waals surface area (Å²) in [6, 6.07) is 21.9. The molecular weight excluding hydrogens is 532 g/mol. The molecule has 0 atom stereocenters. The van der Waals surface area contributed by atoms with Crippen LogP contribution < -0.4 is 10.1 Å². The number of nitrogens with one attached hydrogen (secondary N) is 1. The molecule has 30 heavy (non-hydrogen) atoms. The lowest BCUT2D eigenvalue weighted by Gasteiger charge is -2.12. The molecule has 0 saturated carbocycles. The van der Waals surface area contributed by atoms with Gasteiger partial charge in [0, 0.05) is 10.7 Å². The fourth-order valence-electron chi connectivity index (χ4n) is 2.62. The predicted molar refractivity (Wildman–Crippen MR) is 126 cm³/mol. The molecular formula is C23H15Br2ClN2O2. The number of nitriles is 1. The number of hydrogen-bond donors (Lipinski definition) is 1. The normalized spacial score (nSPS) is 10.9. The summed E-state index contributed by atoms with van der Waals surface area (Å²) < 4.78 is 7.28. The highest BCUT2D eigenvalue weighted by molar-refractivity contribution is 9.11. The van der Waals surface area contributed by atoms with Crippen LogP contribution in [0, 0.1) is 11.3 Å². The first-order valence-corrected chi connectivity index (χ1v) is 10.8. The average Bonchev–Trinajstić information content (AvgIpc) is 2.72. The van der Waals surface area contributed by atoms with Gasteiger partial charge >= 0.3 is 0 Å². The number of hydrogen-bond acceptors (Lipinski definition) is 3. The van der Waals surface area contributed by atoms with E-state index in [1.54, 1.807) is 30.3 Å². The van der Waals surface area contributed by atoms with Gasteiger partial charge in [-0.15, -0.1) is 0 Å². The Morgan fingerprint density at radius 2 is 1.77 bits per heavy atom. The molecule has 0 unspecified atom stereocenters. The Balaban J connectivity index is 1.77. The van der Waals surface area contributed by atoms with E-state index in [0.717, 1.165) is 5.56 Å². The van der Waals surface area contributed by atoms with Crippen molar-refractivity contribution in [2.75, 3.05) is 5.32 Å². The molecule has 0 fully saturated rings. The van der Waals surface area contributed by atoms with Crippen LogP contribution in [0.5, 0.6) is 5.75 Å². The van der Waals surface area contributed by atoms with Crippen molar-refractivity contribution in [1.82, 2.24) is 0 Å². The summed E-state index contributed by atoms with van der Waals surface area (Å²) in [5, 5.41) is 12.8. The summed E-state index contributed by atoms with van der Waals surface area (Å²) in [6.07, 6.45) is 1.52. The zero-order chi connectivity index (χ0) is 21.5. The lowest BCUT2D eigenvalue weighted by molar-refractivity contribution is -0.112. The van der Waals surface area contributed by atoms with E-state index in [9.17, 15) is 10.1 Å². The van der Waals surface area contributed by atoms with Crippen LogP contribution in [0.1, 0.15) is 11.1 Å². The van der Waals surface area contributed by atoms with E-state index in [1.165, 1.54) is 6.08 Å². The third-order valence-electron chi connectivity index (χ3n) is 4.00. The number of para-hydroxylation sites is 1. The lowest BCUT2D eigenvalue weighted by atomic mass is 10.1. The van der Waals surface area contributed by atoms with Crippen molar-refractivity contribution >= 4 is 61.1 Å². The number of benzene rings is 3. The van der Waals surface area contributed by atoms with E-state index in [0.29, 0.717) is 37.6 Å². The Bertz CT molecular complexity index is 1120. The Hall–Kier alpha value is -2.59. The summed E-state index contributed by atoms with van der Waals surface area (Å²) in [4.78, 5) is 12.4. The van der Waals surface area contributed by atoms with Gasteiger partial charge in [-0.05, 0) is 85.5 Å². The quantitative estimate of drug-likeness (QED) is 0.268. The highest BCUT2D eigenvalue weighted by atomic mass is 79.9. The van der Waals surface area contributed by atoms with Gasteiger partial charge in [0.25, 0.3) is 5.91 Å². The molecule has 4 nitrogen and oxygen atoms in total. The zero-order valence-electron chi connectivity index (χ0n) is 15.5. The van der Waals surface area contributed by atoms with Gasteiger partial charge in [0.15, 0.2) is 0 Å². The van der Waals surface area contributed by atoms with Gasteiger partial charge < -0.3 is 10.1 Å². The van der Waals surface area contributed by atoms with Gasteiger partial charge in [-0.1, -0.05) is 41.9 Å². The molecule has 7 heteroatoms. The first kappa shape index (κ1) is 22.1. The molecule has 0 aromatic heterocycles. The number of carbonyl (C=O) groups is 1. The van der Waals surface area contributed by atoms with E-state index in [-0.39, 0.29) is 5.57 Å². The van der Waals surface area contributed by atoms with Crippen molar-refractivity contribution in [1.29, 1.82) is 5.26 Å². The number of halogens is 3. The summed E-state index contributed by atoms with van der Waals surface area (Å²) in [5.74, 6) is 0.136. The first-order valence-electron chi connectivity index (χ1n) is 8.81. The molecule has 3 rings (SSSR count). The lowest BCUT2D eigenvalue weighted by Crippen LogP contribution is -2.13. The minimum Gasteiger partial charge on any atom is -0.487 e. The fourth-order valence-corrected chi connectivity index (χ4v) is 4.28. The van der Waals surface area contributed by atoms with Crippen LogP contribution in [0.3, 0.4) is 0 Å². The first-order chi connectivity index (χ1) is 14.5. The van der Waals surface area contributed by atoms with Gasteiger partial charge in [-0.25, -0.2) is 0 Å². The summed E-state index contributed by atoms with van der Waals surface area (Å²) in [7, 11) is 0. The van der Waals surface area contributed by atoms with Gasteiger partial charge in [0.1, 0.15) is 24.0 Å². The Labute approximate surface area is 196 Å². The van der Waals surface area contributed by atoms with Crippen LogP contribution in [-0.2, 0) is 11.4 Å². The van der Waals surface area contributed by atoms with Crippen molar-refractivity contribution in [3.63, 3.8) is 0 Å². The average molecular weight is 547 g/mol. The fraction of sp³-hybridized carbons (Fsp3) is 0.0435. The summed E-state index contributed by atoms with van der Waals surface area (Å²) in [5.41, 5.74) is 2.22.